The molecule has 1 saturated carbocycles. The molecule has 0 amide bonds. The van der Waals surface area contributed by atoms with Crippen LogP contribution in [0.5, 0.6) is 0 Å². The van der Waals surface area contributed by atoms with Crippen LogP contribution in [0.15, 0.2) is 59.2 Å². The van der Waals surface area contributed by atoms with Crippen LogP contribution in [0.3, 0.4) is 0 Å². The lowest BCUT2D eigenvalue weighted by molar-refractivity contribution is 0.164. The van der Waals surface area contributed by atoms with Gasteiger partial charge in [0.1, 0.15) is 5.82 Å². The SMILES string of the molecule is C/C=C\C1=C(C)C=C2CCC(C)(C)C2(C)C1.CC.Cc1ccc(F)cc1. The summed E-state index contributed by atoms with van der Waals surface area (Å²) in [5, 5.41) is 0. The number of hydrogen-bond acceptors (Lipinski definition) is 0. The fourth-order valence-corrected chi connectivity index (χ4v) is 3.82. The molecule has 144 valence electrons. The fourth-order valence-electron chi connectivity index (χ4n) is 3.82. The molecule has 0 aliphatic heterocycles. The van der Waals surface area contributed by atoms with Crippen LogP contribution in [0.2, 0.25) is 0 Å². The third-order valence-electron chi connectivity index (χ3n) is 6.04. The lowest BCUT2D eigenvalue weighted by Gasteiger charge is -2.42. The van der Waals surface area contributed by atoms with Crippen LogP contribution < -0.4 is 0 Å². The summed E-state index contributed by atoms with van der Waals surface area (Å²) in [6.07, 6.45) is 10.8. The number of halogens is 1. The van der Waals surface area contributed by atoms with Crippen molar-refractivity contribution in [1.29, 1.82) is 0 Å². The van der Waals surface area contributed by atoms with E-state index in [-0.39, 0.29) is 5.82 Å². The highest BCUT2D eigenvalue weighted by molar-refractivity contribution is 5.44. The number of aryl methyl sites for hydroxylation is 1. The van der Waals surface area contributed by atoms with Gasteiger partial charge in [0.25, 0.3) is 0 Å². The maximum atomic E-state index is 12.1. The number of rotatable bonds is 1. The van der Waals surface area contributed by atoms with Gasteiger partial charge in [0.15, 0.2) is 0 Å². The van der Waals surface area contributed by atoms with Crippen molar-refractivity contribution in [2.75, 3.05) is 0 Å². The molecule has 1 fully saturated rings. The minimum atomic E-state index is -0.171. The molecule has 3 rings (SSSR count). The molecule has 1 atom stereocenters. The molecule has 0 saturated heterocycles. The third kappa shape index (κ3) is 4.96. The van der Waals surface area contributed by atoms with Crippen LogP contribution in [0.1, 0.15) is 73.3 Å². The fraction of sp³-hybridized carbons (Fsp3) is 0.520. The zero-order valence-electron chi connectivity index (χ0n) is 18.0. The molecule has 0 radical (unpaired) electrons. The van der Waals surface area contributed by atoms with Crippen molar-refractivity contribution in [1.82, 2.24) is 0 Å². The second kappa shape index (κ2) is 9.35. The highest BCUT2D eigenvalue weighted by Gasteiger charge is 2.49. The van der Waals surface area contributed by atoms with E-state index in [2.05, 4.69) is 52.8 Å². The topological polar surface area (TPSA) is 0 Å². The maximum Gasteiger partial charge on any atom is 0.123 e. The Morgan fingerprint density at radius 1 is 1.00 bits per heavy atom. The zero-order valence-corrected chi connectivity index (χ0v) is 18.0. The summed E-state index contributed by atoms with van der Waals surface area (Å²) >= 11 is 0. The Hall–Kier alpha value is -1.63. The van der Waals surface area contributed by atoms with Crippen molar-refractivity contribution < 1.29 is 4.39 Å². The molecule has 1 aromatic rings. The molecular formula is C25H37F. The average molecular weight is 357 g/mol. The van der Waals surface area contributed by atoms with Crippen molar-refractivity contribution in [2.45, 2.75) is 74.7 Å². The first-order chi connectivity index (χ1) is 12.2. The molecule has 1 heteroatoms. The summed E-state index contributed by atoms with van der Waals surface area (Å²) in [5.41, 5.74) is 6.62. The number of hydrogen-bond donors (Lipinski definition) is 0. The van der Waals surface area contributed by atoms with Crippen molar-refractivity contribution in [3.05, 3.63) is 70.6 Å². The average Bonchev–Trinajstić information content (AvgIpc) is 2.83. The first-order valence-electron chi connectivity index (χ1n) is 9.95. The quantitative estimate of drug-likeness (QED) is 0.475. The monoisotopic (exact) mass is 356 g/mol. The summed E-state index contributed by atoms with van der Waals surface area (Å²) < 4.78 is 12.1. The van der Waals surface area contributed by atoms with Gasteiger partial charge in [0, 0.05) is 0 Å². The summed E-state index contributed by atoms with van der Waals surface area (Å²) in [6, 6.07) is 6.40. The van der Waals surface area contributed by atoms with Gasteiger partial charge in [-0.3, -0.25) is 0 Å². The molecule has 0 aromatic heterocycles. The van der Waals surface area contributed by atoms with E-state index in [0.717, 1.165) is 5.56 Å². The van der Waals surface area contributed by atoms with Crippen molar-refractivity contribution in [3.8, 4) is 0 Å². The van der Waals surface area contributed by atoms with Crippen LogP contribution in [0, 0.1) is 23.6 Å². The minimum absolute atomic E-state index is 0.171. The molecule has 0 bridgehead atoms. The Balaban J connectivity index is 0.000000284. The summed E-state index contributed by atoms with van der Waals surface area (Å²) in [4.78, 5) is 0. The summed E-state index contributed by atoms with van der Waals surface area (Å²) in [5.74, 6) is -0.171. The maximum absolute atomic E-state index is 12.1. The Kier molecular flexibility index (Phi) is 8.06. The van der Waals surface area contributed by atoms with Crippen LogP contribution in [-0.4, -0.2) is 0 Å². The molecule has 0 nitrogen and oxygen atoms in total. The second-order valence-corrected chi connectivity index (χ2v) is 8.07. The Labute approximate surface area is 160 Å². The van der Waals surface area contributed by atoms with Gasteiger partial charge in [-0.05, 0) is 74.1 Å². The van der Waals surface area contributed by atoms with Gasteiger partial charge in [0.2, 0.25) is 0 Å². The van der Waals surface area contributed by atoms with Gasteiger partial charge < -0.3 is 0 Å². The highest BCUT2D eigenvalue weighted by atomic mass is 19.1. The predicted molar refractivity (Wildman–Crippen MR) is 114 cm³/mol. The molecule has 2 aliphatic carbocycles. The van der Waals surface area contributed by atoms with E-state index in [1.165, 1.54) is 42.5 Å². The number of benzene rings is 1. The van der Waals surface area contributed by atoms with Crippen LogP contribution in [0.4, 0.5) is 4.39 Å². The Morgan fingerprint density at radius 3 is 2.08 bits per heavy atom. The van der Waals surface area contributed by atoms with E-state index in [4.69, 9.17) is 0 Å². The molecule has 0 N–H and O–H groups in total. The summed E-state index contributed by atoms with van der Waals surface area (Å²) in [6.45, 7) is 17.6. The summed E-state index contributed by atoms with van der Waals surface area (Å²) in [7, 11) is 0. The van der Waals surface area contributed by atoms with E-state index in [1.807, 2.05) is 20.8 Å². The highest BCUT2D eigenvalue weighted by Crippen LogP contribution is 2.60. The van der Waals surface area contributed by atoms with Crippen molar-refractivity contribution >= 4 is 0 Å². The first kappa shape index (κ1) is 22.4. The molecule has 1 aromatic carbocycles. The third-order valence-corrected chi connectivity index (χ3v) is 6.04. The second-order valence-electron chi connectivity index (χ2n) is 8.07. The lowest BCUT2D eigenvalue weighted by atomic mass is 9.62. The Morgan fingerprint density at radius 2 is 1.58 bits per heavy atom. The Bertz CT molecular complexity index is 650. The van der Waals surface area contributed by atoms with Gasteiger partial charge in [0.05, 0.1) is 0 Å². The van der Waals surface area contributed by atoms with E-state index in [9.17, 15) is 4.39 Å². The molecule has 26 heavy (non-hydrogen) atoms. The lowest BCUT2D eigenvalue weighted by Crippen LogP contribution is -2.32. The van der Waals surface area contributed by atoms with E-state index < -0.39 is 0 Å². The molecule has 0 heterocycles. The van der Waals surface area contributed by atoms with Gasteiger partial charge >= 0.3 is 0 Å². The number of allylic oxidation sites excluding steroid dienone is 6. The van der Waals surface area contributed by atoms with E-state index >= 15 is 0 Å². The predicted octanol–water partition coefficient (Wildman–Crippen LogP) is 8.20. The molecule has 0 spiro atoms. The van der Waals surface area contributed by atoms with Gasteiger partial charge in [-0.2, -0.15) is 0 Å². The van der Waals surface area contributed by atoms with Crippen LogP contribution in [-0.2, 0) is 0 Å². The first-order valence-corrected chi connectivity index (χ1v) is 9.95. The standard InChI is InChI=1S/C16H24.C7H7F.C2H6/c1-6-7-13-11-16(5)14(10-12(13)2)8-9-15(16,3)4;1-6-2-4-7(8)5-3-6;1-2/h6-7,10H,8-9,11H2,1-5H3;2-5H,1H3;1-2H3/b7-6-;;. The van der Waals surface area contributed by atoms with Crippen molar-refractivity contribution in [2.24, 2.45) is 10.8 Å². The van der Waals surface area contributed by atoms with E-state index in [1.54, 1.807) is 17.7 Å². The number of fused-ring (bicyclic) bond motifs is 1. The van der Waals surface area contributed by atoms with Crippen LogP contribution >= 0.6 is 0 Å². The van der Waals surface area contributed by atoms with Crippen molar-refractivity contribution in [3.63, 3.8) is 0 Å². The molecule has 1 unspecified atom stereocenters. The smallest absolute Gasteiger partial charge is 0.123 e. The normalized spacial score (nSPS) is 23.5. The molecule has 2 aliphatic rings. The van der Waals surface area contributed by atoms with Gasteiger partial charge in [-0.1, -0.05) is 76.1 Å². The van der Waals surface area contributed by atoms with Gasteiger partial charge in [-0.25, -0.2) is 4.39 Å². The molecular weight excluding hydrogens is 319 g/mol. The largest absolute Gasteiger partial charge is 0.207 e. The zero-order chi connectivity index (χ0) is 20.0. The van der Waals surface area contributed by atoms with Gasteiger partial charge in [-0.15, -0.1) is 0 Å². The van der Waals surface area contributed by atoms with E-state index in [0.29, 0.717) is 10.8 Å². The van der Waals surface area contributed by atoms with Crippen LogP contribution in [0.25, 0.3) is 0 Å². The minimum Gasteiger partial charge on any atom is -0.207 e.